The molecule has 0 aliphatic heterocycles. The molecule has 0 amide bonds. The lowest BCUT2D eigenvalue weighted by Gasteiger charge is -2.13. The molecule has 0 fully saturated rings. The van der Waals surface area contributed by atoms with Gasteiger partial charge < -0.3 is 8.98 Å². The van der Waals surface area contributed by atoms with E-state index in [9.17, 15) is 0 Å². The van der Waals surface area contributed by atoms with Gasteiger partial charge >= 0.3 is 0 Å². The van der Waals surface area contributed by atoms with Gasteiger partial charge in [0.05, 0.1) is 39.1 Å². The summed E-state index contributed by atoms with van der Waals surface area (Å²) in [6, 6.07) is 73.0. The minimum Gasteiger partial charge on any atom is -0.453 e. The highest BCUT2D eigenvalue weighted by Crippen LogP contribution is 2.39. The highest BCUT2D eigenvalue weighted by Gasteiger charge is 2.19. The van der Waals surface area contributed by atoms with Crippen molar-refractivity contribution in [2.75, 3.05) is 0 Å². The molecule has 0 saturated heterocycles. The summed E-state index contributed by atoms with van der Waals surface area (Å²) in [7, 11) is 0. The Bertz CT molecular complexity index is 3840. The van der Waals surface area contributed by atoms with Gasteiger partial charge in [0.15, 0.2) is 11.2 Å². The largest absolute Gasteiger partial charge is 0.453 e. The molecule has 6 nitrogen and oxygen atoms in total. The van der Waals surface area contributed by atoms with Gasteiger partial charge in [-0.25, -0.2) is 9.97 Å². The molecule has 6 aromatic heterocycles. The zero-order chi connectivity index (χ0) is 41.4. The Hall–Kier alpha value is -8.61. The van der Waals surface area contributed by atoms with E-state index in [-0.39, 0.29) is 0 Å². The maximum absolute atomic E-state index is 6.08. The third kappa shape index (κ3) is 5.69. The Morgan fingerprint density at radius 1 is 0.333 bits per heavy atom. The van der Waals surface area contributed by atoms with E-state index in [1.165, 1.54) is 27.1 Å². The fourth-order valence-electron chi connectivity index (χ4n) is 9.42. The average Bonchev–Trinajstić information content (AvgIpc) is 4.01. The van der Waals surface area contributed by atoms with Crippen LogP contribution in [0.5, 0.6) is 0 Å². The molecule has 0 radical (unpaired) electrons. The van der Waals surface area contributed by atoms with Crippen molar-refractivity contribution in [3.05, 3.63) is 212 Å². The minimum atomic E-state index is 0.725. The molecule has 0 spiro atoms. The molecule has 0 atom stereocenters. The van der Waals surface area contributed by atoms with Gasteiger partial charge in [-0.1, -0.05) is 140 Å². The highest BCUT2D eigenvalue weighted by molar-refractivity contribution is 6.12. The second-order valence-electron chi connectivity index (χ2n) is 16.0. The lowest BCUT2D eigenvalue weighted by atomic mass is 9.98. The van der Waals surface area contributed by atoms with E-state index in [4.69, 9.17) is 14.4 Å². The van der Waals surface area contributed by atoms with Crippen LogP contribution in [-0.2, 0) is 0 Å². The van der Waals surface area contributed by atoms with Crippen molar-refractivity contribution >= 4 is 65.8 Å². The Morgan fingerprint density at radius 3 is 1.60 bits per heavy atom. The van der Waals surface area contributed by atoms with Crippen LogP contribution in [0.2, 0.25) is 0 Å². The molecule has 294 valence electrons. The summed E-state index contributed by atoms with van der Waals surface area (Å²) in [6.07, 6.45) is 1.78. The predicted molar refractivity (Wildman–Crippen MR) is 258 cm³/mol. The van der Waals surface area contributed by atoms with Crippen LogP contribution >= 0.6 is 0 Å². The molecule has 0 unspecified atom stereocenters. The molecule has 0 saturated carbocycles. The van der Waals surface area contributed by atoms with Gasteiger partial charge in [0, 0.05) is 38.9 Å². The van der Waals surface area contributed by atoms with Gasteiger partial charge in [-0.3, -0.25) is 9.55 Å². The number of aromatic nitrogens is 5. The van der Waals surface area contributed by atoms with E-state index in [0.717, 1.165) is 95.0 Å². The van der Waals surface area contributed by atoms with Crippen LogP contribution in [0.1, 0.15) is 0 Å². The first-order valence-corrected chi connectivity index (χ1v) is 21.2. The summed E-state index contributed by atoms with van der Waals surface area (Å²) in [5.41, 5.74) is 17.2. The fraction of sp³-hybridized carbons (Fsp3) is 0. The lowest BCUT2D eigenvalue weighted by molar-refractivity contribution is 0.667. The summed E-state index contributed by atoms with van der Waals surface area (Å²) < 4.78 is 10.7. The monoisotopic (exact) mass is 805 g/mol. The van der Waals surface area contributed by atoms with Gasteiger partial charge in [0.25, 0.3) is 0 Å². The van der Waals surface area contributed by atoms with Gasteiger partial charge in [-0.2, -0.15) is 0 Å². The quantitative estimate of drug-likeness (QED) is 0.168. The van der Waals surface area contributed by atoms with E-state index < -0.39 is 0 Å². The maximum atomic E-state index is 6.08. The molecule has 13 rings (SSSR count). The first kappa shape index (κ1) is 35.2. The number of hydrogen-bond donors (Lipinski definition) is 0. The van der Waals surface area contributed by atoms with Crippen LogP contribution in [0.15, 0.2) is 217 Å². The Kier molecular flexibility index (Phi) is 7.80. The molecular formula is C57H35N5O. The topological polar surface area (TPSA) is 61.7 Å². The fourth-order valence-corrected chi connectivity index (χ4v) is 9.42. The second-order valence-corrected chi connectivity index (χ2v) is 16.0. The first-order chi connectivity index (χ1) is 31.2. The minimum absolute atomic E-state index is 0.725. The van der Waals surface area contributed by atoms with Crippen molar-refractivity contribution in [2.24, 2.45) is 0 Å². The summed E-state index contributed by atoms with van der Waals surface area (Å²) in [5.74, 6) is 0.823. The molecule has 7 aromatic carbocycles. The average molecular weight is 806 g/mol. The first-order valence-electron chi connectivity index (χ1n) is 21.2. The number of para-hydroxylation sites is 2. The van der Waals surface area contributed by atoms with Crippen LogP contribution in [0, 0.1) is 0 Å². The Balaban J connectivity index is 0.901. The highest BCUT2D eigenvalue weighted by atomic mass is 16.3. The normalized spacial score (nSPS) is 11.8. The van der Waals surface area contributed by atoms with Gasteiger partial charge in [-0.05, 0) is 89.0 Å². The maximum Gasteiger partial charge on any atom is 0.155 e. The molecule has 0 aliphatic rings. The number of benzene rings is 7. The van der Waals surface area contributed by atoms with Crippen LogP contribution < -0.4 is 0 Å². The number of nitrogens with zero attached hydrogens (tertiary/aromatic N) is 5. The van der Waals surface area contributed by atoms with E-state index in [0.29, 0.717) is 0 Å². The van der Waals surface area contributed by atoms with Crippen LogP contribution in [0.25, 0.3) is 122 Å². The molecule has 0 aliphatic carbocycles. The lowest BCUT2D eigenvalue weighted by Crippen LogP contribution is -1.98. The third-order valence-corrected chi connectivity index (χ3v) is 12.4. The molecule has 13 aromatic rings. The van der Waals surface area contributed by atoms with Crippen molar-refractivity contribution in [1.82, 2.24) is 24.1 Å². The number of pyridine rings is 3. The van der Waals surface area contributed by atoms with Crippen LogP contribution in [-0.4, -0.2) is 24.1 Å². The van der Waals surface area contributed by atoms with E-state index >= 15 is 0 Å². The van der Waals surface area contributed by atoms with E-state index in [1.54, 1.807) is 6.20 Å². The van der Waals surface area contributed by atoms with Gasteiger partial charge in [-0.15, -0.1) is 0 Å². The summed E-state index contributed by atoms with van der Waals surface area (Å²) in [5, 5.41) is 4.77. The van der Waals surface area contributed by atoms with Crippen LogP contribution in [0.3, 0.4) is 0 Å². The van der Waals surface area contributed by atoms with Crippen molar-refractivity contribution in [3.63, 3.8) is 0 Å². The van der Waals surface area contributed by atoms with E-state index in [1.807, 2.05) is 36.4 Å². The third-order valence-electron chi connectivity index (χ3n) is 12.4. The summed E-state index contributed by atoms with van der Waals surface area (Å²) >= 11 is 0. The van der Waals surface area contributed by atoms with Crippen molar-refractivity contribution in [3.8, 4) is 56.3 Å². The molecule has 0 N–H and O–H groups in total. The standard InChI is InChI=1S/C57H35N5O/c1-3-12-38(13-4-1)47-34-42(35-48(59-47)39-14-5-2-6-15-39)61-49-18-9-8-17-44(49)46-32-40(26-28-51(46)61)36-21-23-37(24-22-36)41-25-27-45-43-16-7-10-19-50(43)62(52(45)33-41)55-30-29-54-57(60-55)56-53(63-54)20-11-31-58-56/h1-35H. The van der Waals surface area contributed by atoms with Gasteiger partial charge in [0.2, 0.25) is 0 Å². The smallest absolute Gasteiger partial charge is 0.155 e. The second kappa shape index (κ2) is 14.0. The molecule has 6 heterocycles. The summed E-state index contributed by atoms with van der Waals surface area (Å²) in [4.78, 5) is 14.9. The molecular weight excluding hydrogens is 771 g/mol. The molecule has 63 heavy (non-hydrogen) atoms. The summed E-state index contributed by atoms with van der Waals surface area (Å²) in [6.45, 7) is 0. The molecule has 0 bridgehead atoms. The SMILES string of the molecule is c1ccc(-c2cc(-n3c4ccccc4c4cc(-c5ccc(-c6ccc7c8ccccc8n(-c8ccc9oc%10cccnc%10c9n8)c7c6)cc5)ccc43)cc(-c3ccccc3)n2)cc1. The zero-order valence-electron chi connectivity index (χ0n) is 33.9. The predicted octanol–water partition coefficient (Wildman–Crippen LogP) is 14.6. The van der Waals surface area contributed by atoms with Crippen LogP contribution in [0.4, 0.5) is 0 Å². The van der Waals surface area contributed by atoms with Gasteiger partial charge in [0.1, 0.15) is 16.9 Å². The number of hydrogen-bond acceptors (Lipinski definition) is 4. The number of rotatable bonds is 6. The zero-order valence-corrected chi connectivity index (χ0v) is 33.9. The Labute approximate surface area is 361 Å². The number of fused-ring (bicyclic) bond motifs is 9. The Morgan fingerprint density at radius 2 is 0.889 bits per heavy atom. The van der Waals surface area contributed by atoms with E-state index in [2.05, 4.69) is 184 Å². The molecule has 6 heteroatoms. The van der Waals surface area contributed by atoms with Crippen molar-refractivity contribution in [1.29, 1.82) is 0 Å². The number of furan rings is 1. The van der Waals surface area contributed by atoms with Crippen molar-refractivity contribution < 1.29 is 4.42 Å². The van der Waals surface area contributed by atoms with Crippen molar-refractivity contribution in [2.45, 2.75) is 0 Å².